The quantitative estimate of drug-likeness (QED) is 0.322. The van der Waals surface area contributed by atoms with E-state index >= 15 is 0 Å². The molecule has 8 nitrogen and oxygen atoms in total. The highest BCUT2D eigenvalue weighted by atomic mass is 16.6. The smallest absolute Gasteiger partial charge is 0.411 e. The summed E-state index contributed by atoms with van der Waals surface area (Å²) in [6.45, 7) is 14.2. The number of hydrogen-bond acceptors (Lipinski definition) is 6. The third-order valence-electron chi connectivity index (χ3n) is 7.89. The van der Waals surface area contributed by atoms with Crippen LogP contribution in [0.2, 0.25) is 0 Å². The molecule has 41 heavy (non-hydrogen) atoms. The largest absolute Gasteiger partial charge is 0.481 e. The molecule has 0 spiro atoms. The van der Waals surface area contributed by atoms with E-state index in [0.29, 0.717) is 12.4 Å². The molecule has 1 saturated heterocycles. The molecule has 1 aromatic heterocycles. The van der Waals surface area contributed by atoms with Crippen LogP contribution in [0.4, 0.5) is 4.79 Å². The molecule has 4 rings (SSSR count). The van der Waals surface area contributed by atoms with Gasteiger partial charge >= 0.3 is 12.1 Å². The van der Waals surface area contributed by atoms with E-state index in [-0.39, 0.29) is 5.92 Å². The predicted octanol–water partition coefficient (Wildman–Crippen LogP) is 6.54. The first kappa shape index (κ1) is 30.3. The molecule has 1 fully saturated rings. The number of likely N-dealkylation sites (tertiary alicyclic amines) is 1. The number of rotatable bonds is 8. The highest BCUT2D eigenvalue weighted by Crippen LogP contribution is 2.49. The zero-order chi connectivity index (χ0) is 30.1. The summed E-state index contributed by atoms with van der Waals surface area (Å²) in [5, 5.41) is 15.3. The molecule has 2 N–H and O–H groups in total. The summed E-state index contributed by atoms with van der Waals surface area (Å²) in [6.07, 6.45) is -1.02. The van der Waals surface area contributed by atoms with Gasteiger partial charge in [0.25, 0.3) is 0 Å². The second kappa shape index (κ2) is 12.1. The zero-order valence-electron chi connectivity index (χ0n) is 25.3. The Balaban J connectivity index is 1.89. The number of nitrogens with one attached hydrogen (secondary N) is 1. The van der Waals surface area contributed by atoms with Crippen LogP contribution in [-0.2, 0) is 16.1 Å². The van der Waals surface area contributed by atoms with E-state index in [4.69, 9.17) is 14.5 Å². The van der Waals surface area contributed by atoms with Crippen LogP contribution in [0.5, 0.6) is 5.88 Å². The number of carbonyl (C=O) groups excluding carboxylic acids is 1. The molecule has 0 unspecified atom stereocenters. The van der Waals surface area contributed by atoms with Crippen LogP contribution < -0.4 is 10.1 Å². The molecular weight excluding hydrogens is 518 g/mol. The lowest BCUT2D eigenvalue weighted by atomic mass is 9.72. The van der Waals surface area contributed by atoms with E-state index in [0.717, 1.165) is 27.6 Å². The van der Waals surface area contributed by atoms with E-state index in [2.05, 4.69) is 25.2 Å². The molecule has 8 heteroatoms. The molecule has 1 aliphatic rings. The van der Waals surface area contributed by atoms with Gasteiger partial charge < -0.3 is 19.9 Å². The number of ether oxygens (including phenoxy) is 2. The Morgan fingerprint density at radius 2 is 1.71 bits per heavy atom. The number of aromatic nitrogens is 1. The van der Waals surface area contributed by atoms with E-state index < -0.39 is 47.6 Å². The van der Waals surface area contributed by atoms with Crippen LogP contribution in [0.25, 0.3) is 10.9 Å². The predicted molar refractivity (Wildman–Crippen MR) is 160 cm³/mol. The number of benzene rings is 2. The maximum absolute atomic E-state index is 13.8. The minimum atomic E-state index is -1.10. The minimum absolute atomic E-state index is 0.163. The number of fused-ring (bicyclic) bond motifs is 1. The van der Waals surface area contributed by atoms with Gasteiger partial charge in [0.2, 0.25) is 5.88 Å². The van der Waals surface area contributed by atoms with Gasteiger partial charge in [0.05, 0.1) is 24.8 Å². The molecule has 0 radical (unpaired) electrons. The van der Waals surface area contributed by atoms with Crippen LogP contribution in [-0.4, -0.2) is 52.4 Å². The minimum Gasteiger partial charge on any atom is -0.481 e. The standard InChI is InChI=1S/C33H43N3O5/c1-19(2)23-14-10-11-15-24(23)28-27(34-18-22-17-21-13-9-12-16-25(21)35-30(22)40-8)26(33(5,6)7)29(31(37)38)36(28)32(39)41-20(3)4/h9-17,19-20,26-29,34H,18H2,1-8H3,(H,37,38)/t26-,27-,28-,29-/m0/s1. The molecule has 0 bridgehead atoms. The lowest BCUT2D eigenvalue weighted by Crippen LogP contribution is -2.48. The first-order valence-corrected chi connectivity index (χ1v) is 14.3. The van der Waals surface area contributed by atoms with Gasteiger partial charge in [-0.05, 0) is 48.4 Å². The number of pyridine rings is 1. The van der Waals surface area contributed by atoms with Crippen molar-refractivity contribution in [1.29, 1.82) is 0 Å². The molecule has 1 aliphatic heterocycles. The Labute approximate surface area is 243 Å². The van der Waals surface area contributed by atoms with Crippen molar-refractivity contribution in [2.24, 2.45) is 11.3 Å². The van der Waals surface area contributed by atoms with Gasteiger partial charge in [0.1, 0.15) is 6.04 Å². The van der Waals surface area contributed by atoms with Crippen LogP contribution in [0, 0.1) is 11.3 Å². The summed E-state index contributed by atoms with van der Waals surface area (Å²) in [5.41, 5.74) is 3.20. The Kier molecular flexibility index (Phi) is 8.92. The van der Waals surface area contributed by atoms with Gasteiger partial charge in [-0.1, -0.05) is 77.1 Å². The summed E-state index contributed by atoms with van der Waals surface area (Å²) in [7, 11) is 1.60. The highest BCUT2D eigenvalue weighted by molar-refractivity contribution is 5.83. The molecular formula is C33H43N3O5. The van der Waals surface area contributed by atoms with Gasteiger partial charge in [-0.2, -0.15) is 0 Å². The van der Waals surface area contributed by atoms with Crippen molar-refractivity contribution in [3.8, 4) is 5.88 Å². The van der Waals surface area contributed by atoms with Crippen molar-refractivity contribution in [2.45, 2.75) is 85.2 Å². The van der Waals surface area contributed by atoms with Crippen molar-refractivity contribution in [3.05, 3.63) is 71.3 Å². The Bertz CT molecular complexity index is 1400. The average molecular weight is 562 g/mol. The second-order valence-electron chi connectivity index (χ2n) is 12.5. The Hall–Kier alpha value is -3.65. The fourth-order valence-corrected chi connectivity index (χ4v) is 6.25. The number of carboxylic acids is 1. The number of carbonyl (C=O) groups is 2. The van der Waals surface area contributed by atoms with Crippen LogP contribution in [0.1, 0.15) is 77.1 Å². The Morgan fingerprint density at radius 1 is 1.05 bits per heavy atom. The molecule has 220 valence electrons. The topological polar surface area (TPSA) is 101 Å². The van der Waals surface area contributed by atoms with Crippen LogP contribution in [0.3, 0.4) is 0 Å². The highest BCUT2D eigenvalue weighted by Gasteiger charge is 2.59. The first-order chi connectivity index (χ1) is 19.3. The first-order valence-electron chi connectivity index (χ1n) is 14.3. The van der Waals surface area contributed by atoms with E-state index in [1.807, 2.05) is 69.3 Å². The summed E-state index contributed by atoms with van der Waals surface area (Å²) in [6, 6.07) is 15.8. The molecule has 3 aromatic rings. The van der Waals surface area contributed by atoms with Crippen molar-refractivity contribution in [3.63, 3.8) is 0 Å². The van der Waals surface area contributed by atoms with Gasteiger partial charge in [0.15, 0.2) is 0 Å². The van der Waals surface area contributed by atoms with Gasteiger partial charge in [-0.15, -0.1) is 0 Å². The molecule has 4 atom stereocenters. The zero-order valence-corrected chi connectivity index (χ0v) is 25.3. The fraction of sp³-hybridized carbons (Fsp3) is 0.485. The third kappa shape index (κ3) is 6.17. The normalized spacial score (nSPS) is 21.1. The van der Waals surface area contributed by atoms with Gasteiger partial charge in [-0.3, -0.25) is 4.90 Å². The molecule has 2 heterocycles. The number of hydrogen-bond donors (Lipinski definition) is 2. The number of nitrogens with zero attached hydrogens (tertiary/aromatic N) is 2. The SMILES string of the molecule is COc1nc2ccccc2cc1CN[C@H]1[C@H](C(C)(C)C)[C@@H](C(=O)O)N(C(=O)OC(C)C)[C@H]1c1ccccc1C(C)C. The second-order valence-corrected chi connectivity index (χ2v) is 12.5. The van der Waals surface area contributed by atoms with E-state index in [1.54, 1.807) is 21.0 Å². The lowest BCUT2D eigenvalue weighted by molar-refractivity contribution is -0.144. The fourth-order valence-electron chi connectivity index (χ4n) is 6.25. The lowest BCUT2D eigenvalue weighted by Gasteiger charge is -2.35. The number of methoxy groups -OCH3 is 1. The number of amides is 1. The van der Waals surface area contributed by atoms with Crippen molar-refractivity contribution >= 4 is 23.0 Å². The van der Waals surface area contributed by atoms with Crippen molar-refractivity contribution in [1.82, 2.24) is 15.2 Å². The van der Waals surface area contributed by atoms with Crippen LogP contribution >= 0.6 is 0 Å². The number of aliphatic carboxylic acids is 1. The molecule has 0 aliphatic carbocycles. The summed E-state index contributed by atoms with van der Waals surface area (Å²) < 4.78 is 11.3. The summed E-state index contributed by atoms with van der Waals surface area (Å²) in [5.74, 6) is -0.820. The van der Waals surface area contributed by atoms with Crippen molar-refractivity contribution < 1.29 is 24.2 Å². The number of para-hydroxylation sites is 1. The summed E-state index contributed by atoms with van der Waals surface area (Å²) >= 11 is 0. The van der Waals surface area contributed by atoms with Crippen LogP contribution in [0.15, 0.2) is 54.6 Å². The molecule has 1 amide bonds. The van der Waals surface area contributed by atoms with E-state index in [9.17, 15) is 14.7 Å². The van der Waals surface area contributed by atoms with E-state index in [1.165, 1.54) is 4.90 Å². The number of carboxylic acid groups (broad SMARTS) is 1. The summed E-state index contributed by atoms with van der Waals surface area (Å²) in [4.78, 5) is 32.9. The molecule has 2 aromatic carbocycles. The van der Waals surface area contributed by atoms with Gasteiger partial charge in [-0.25, -0.2) is 14.6 Å². The third-order valence-corrected chi connectivity index (χ3v) is 7.89. The van der Waals surface area contributed by atoms with Crippen molar-refractivity contribution in [2.75, 3.05) is 7.11 Å². The maximum Gasteiger partial charge on any atom is 0.411 e. The Morgan fingerprint density at radius 3 is 2.32 bits per heavy atom. The average Bonchev–Trinajstić information content (AvgIpc) is 3.27. The monoisotopic (exact) mass is 561 g/mol. The maximum atomic E-state index is 13.8. The molecule has 0 saturated carbocycles. The van der Waals surface area contributed by atoms with Gasteiger partial charge in [0, 0.05) is 29.5 Å².